The number of carbonyl (C=O) groups is 3. The van der Waals surface area contributed by atoms with Gasteiger partial charge in [-0.2, -0.15) is 0 Å². The zero-order valence-electron chi connectivity index (χ0n) is 47.9. The number of hydrogen-bond acceptors (Lipinski definition) is 6. The lowest BCUT2D eigenvalue weighted by Crippen LogP contribution is -2.30. The van der Waals surface area contributed by atoms with Gasteiger partial charge in [0.05, 0.1) is 0 Å². The molecule has 0 saturated carbocycles. The van der Waals surface area contributed by atoms with Crippen LogP contribution in [-0.4, -0.2) is 37.2 Å². The minimum atomic E-state index is -0.785. The first-order chi connectivity index (χ1) is 35.5. The predicted molar refractivity (Wildman–Crippen MR) is 312 cm³/mol. The van der Waals surface area contributed by atoms with E-state index in [1.807, 2.05) is 0 Å². The number of ether oxygens (including phenoxy) is 3. The zero-order valence-corrected chi connectivity index (χ0v) is 47.9. The quantitative estimate of drug-likeness (QED) is 0.0261. The lowest BCUT2D eigenvalue weighted by Gasteiger charge is -2.18. The molecule has 0 rings (SSSR count). The van der Waals surface area contributed by atoms with Gasteiger partial charge >= 0.3 is 17.9 Å². The van der Waals surface area contributed by atoms with Gasteiger partial charge < -0.3 is 14.2 Å². The van der Waals surface area contributed by atoms with Gasteiger partial charge in [0.25, 0.3) is 0 Å². The van der Waals surface area contributed by atoms with Crippen LogP contribution in [0.3, 0.4) is 0 Å². The summed E-state index contributed by atoms with van der Waals surface area (Å²) >= 11 is 0. The third-order valence-corrected chi connectivity index (χ3v) is 13.7. The van der Waals surface area contributed by atoms with Crippen LogP contribution in [0.25, 0.3) is 0 Å². The van der Waals surface area contributed by atoms with Crippen LogP contribution in [0, 0.1) is 0 Å². The average Bonchev–Trinajstić information content (AvgIpc) is 3.38. The fraction of sp³-hybridized carbons (Fsp3) is 0.803. The number of unbranched alkanes of at least 4 members (excludes halogenated alkanes) is 36. The van der Waals surface area contributed by atoms with Gasteiger partial charge in [-0.05, 0) is 83.5 Å². The van der Waals surface area contributed by atoms with E-state index in [-0.39, 0.29) is 31.1 Å². The van der Waals surface area contributed by atoms with Crippen molar-refractivity contribution in [3.05, 3.63) is 60.8 Å². The maximum atomic E-state index is 12.9. The summed E-state index contributed by atoms with van der Waals surface area (Å²) in [6.45, 7) is 6.58. The van der Waals surface area contributed by atoms with Gasteiger partial charge in [0.2, 0.25) is 0 Å². The average molecular weight is 1010 g/mol. The summed E-state index contributed by atoms with van der Waals surface area (Å²) in [5.74, 6) is -0.892. The Morgan fingerprint density at radius 3 is 0.833 bits per heavy atom. The molecule has 1 atom stereocenters. The van der Waals surface area contributed by atoms with Crippen molar-refractivity contribution < 1.29 is 28.6 Å². The van der Waals surface area contributed by atoms with Crippen molar-refractivity contribution >= 4 is 17.9 Å². The SMILES string of the molecule is CCC/C=C\C/C=C\CCCCCCCC(=O)OCC(COC(=O)CCCCCCCC/C=C\C/C=C\C/C=C\CCCCCCC)OC(=O)CCCCCCCCCCCCCCCCCCCCCC. The lowest BCUT2D eigenvalue weighted by molar-refractivity contribution is -0.167. The van der Waals surface area contributed by atoms with Crippen LogP contribution >= 0.6 is 0 Å². The van der Waals surface area contributed by atoms with E-state index in [4.69, 9.17) is 14.2 Å². The van der Waals surface area contributed by atoms with E-state index in [1.54, 1.807) is 0 Å². The molecule has 0 aromatic heterocycles. The first-order valence-electron chi connectivity index (χ1n) is 31.3. The standard InChI is InChI=1S/C66H118O6/c1-4-7-10-13-16-19-22-25-27-29-31-33-35-36-38-41-44-47-50-53-56-59-65(68)71-62-63(61-70-64(67)58-55-52-49-46-43-40-24-21-18-15-12-9-6-3)72-66(69)60-57-54-51-48-45-42-39-37-34-32-30-28-26-23-20-17-14-11-8-5-2/h12,15,21-22,24-25,29,31,35-36,63H,4-11,13-14,16-20,23,26-28,30,32-34,37-62H2,1-3H3/b15-12-,24-21-,25-22-,31-29-,36-35-. The van der Waals surface area contributed by atoms with Gasteiger partial charge in [-0.3, -0.25) is 14.4 Å². The summed E-state index contributed by atoms with van der Waals surface area (Å²) in [5.41, 5.74) is 0. The Hall–Kier alpha value is -2.89. The number of allylic oxidation sites excluding steroid dienone is 10. The highest BCUT2D eigenvalue weighted by Gasteiger charge is 2.19. The van der Waals surface area contributed by atoms with Crippen LogP contribution in [0.15, 0.2) is 60.8 Å². The topological polar surface area (TPSA) is 78.9 Å². The van der Waals surface area contributed by atoms with Crippen LogP contribution < -0.4 is 0 Å². The van der Waals surface area contributed by atoms with E-state index in [0.29, 0.717) is 19.3 Å². The summed E-state index contributed by atoms with van der Waals surface area (Å²) in [7, 11) is 0. The molecule has 0 aromatic carbocycles. The molecule has 0 N–H and O–H groups in total. The van der Waals surface area contributed by atoms with E-state index in [9.17, 15) is 14.4 Å². The monoisotopic (exact) mass is 1010 g/mol. The number of hydrogen-bond donors (Lipinski definition) is 0. The molecular formula is C66H118O6. The molecule has 6 nitrogen and oxygen atoms in total. The highest BCUT2D eigenvalue weighted by atomic mass is 16.6. The molecule has 0 aliphatic rings. The molecule has 0 fully saturated rings. The zero-order chi connectivity index (χ0) is 52.2. The lowest BCUT2D eigenvalue weighted by atomic mass is 10.0. The Kier molecular flexibility index (Phi) is 58.2. The predicted octanol–water partition coefficient (Wildman–Crippen LogP) is 21.2. The first-order valence-corrected chi connectivity index (χ1v) is 31.3. The Bertz CT molecular complexity index is 1290. The summed E-state index contributed by atoms with van der Waals surface area (Å²) in [6.07, 6.45) is 76.5. The molecule has 0 aliphatic heterocycles. The van der Waals surface area contributed by atoms with Crippen LogP contribution in [0.4, 0.5) is 0 Å². The van der Waals surface area contributed by atoms with Gasteiger partial charge in [-0.25, -0.2) is 0 Å². The van der Waals surface area contributed by atoms with E-state index in [0.717, 1.165) is 103 Å². The number of esters is 3. The third kappa shape index (κ3) is 58.0. The normalized spacial score (nSPS) is 12.4. The van der Waals surface area contributed by atoms with Gasteiger partial charge in [0.15, 0.2) is 6.10 Å². The van der Waals surface area contributed by atoms with Gasteiger partial charge in [-0.15, -0.1) is 0 Å². The minimum absolute atomic E-state index is 0.0831. The second kappa shape index (κ2) is 60.7. The van der Waals surface area contributed by atoms with E-state index < -0.39 is 6.10 Å². The Labute approximate surface area is 447 Å². The molecule has 0 heterocycles. The van der Waals surface area contributed by atoms with Crippen molar-refractivity contribution in [3.63, 3.8) is 0 Å². The molecule has 0 radical (unpaired) electrons. The van der Waals surface area contributed by atoms with Crippen LogP contribution in [0.2, 0.25) is 0 Å². The summed E-state index contributed by atoms with van der Waals surface area (Å²) in [5, 5.41) is 0. The highest BCUT2D eigenvalue weighted by molar-refractivity contribution is 5.71. The van der Waals surface area contributed by atoms with Crippen molar-refractivity contribution in [3.8, 4) is 0 Å². The minimum Gasteiger partial charge on any atom is -0.462 e. The maximum Gasteiger partial charge on any atom is 0.306 e. The summed E-state index contributed by atoms with van der Waals surface area (Å²) < 4.78 is 16.9. The van der Waals surface area contributed by atoms with Gasteiger partial charge in [0.1, 0.15) is 13.2 Å². The molecule has 0 aliphatic carbocycles. The molecule has 0 bridgehead atoms. The van der Waals surface area contributed by atoms with E-state index in [1.165, 1.54) is 180 Å². The molecule has 0 aromatic rings. The Morgan fingerprint density at radius 1 is 0.278 bits per heavy atom. The summed E-state index contributed by atoms with van der Waals surface area (Å²) in [4.78, 5) is 38.3. The second-order valence-electron chi connectivity index (χ2n) is 21.0. The van der Waals surface area contributed by atoms with Crippen LogP contribution in [-0.2, 0) is 28.6 Å². The maximum absolute atomic E-state index is 12.9. The Balaban J connectivity index is 4.35. The third-order valence-electron chi connectivity index (χ3n) is 13.7. The molecular weight excluding hydrogens is 889 g/mol. The van der Waals surface area contributed by atoms with Crippen LogP contribution in [0.5, 0.6) is 0 Å². The molecule has 0 spiro atoms. The van der Waals surface area contributed by atoms with Crippen molar-refractivity contribution in [1.82, 2.24) is 0 Å². The van der Waals surface area contributed by atoms with Gasteiger partial charge in [0, 0.05) is 19.3 Å². The van der Waals surface area contributed by atoms with Crippen LogP contribution in [0.1, 0.15) is 323 Å². The fourth-order valence-corrected chi connectivity index (χ4v) is 9.02. The molecule has 72 heavy (non-hydrogen) atoms. The molecule has 0 saturated heterocycles. The Morgan fingerprint density at radius 2 is 0.528 bits per heavy atom. The summed E-state index contributed by atoms with van der Waals surface area (Å²) in [6, 6.07) is 0. The first kappa shape index (κ1) is 69.1. The second-order valence-corrected chi connectivity index (χ2v) is 21.0. The van der Waals surface area contributed by atoms with Crippen molar-refractivity contribution in [2.45, 2.75) is 329 Å². The highest BCUT2D eigenvalue weighted by Crippen LogP contribution is 2.17. The van der Waals surface area contributed by atoms with E-state index >= 15 is 0 Å². The van der Waals surface area contributed by atoms with Crippen molar-refractivity contribution in [2.24, 2.45) is 0 Å². The smallest absolute Gasteiger partial charge is 0.306 e. The fourth-order valence-electron chi connectivity index (χ4n) is 9.02. The van der Waals surface area contributed by atoms with Gasteiger partial charge in [-0.1, -0.05) is 281 Å². The van der Waals surface area contributed by atoms with E-state index in [2.05, 4.69) is 81.5 Å². The number of rotatable bonds is 57. The largest absolute Gasteiger partial charge is 0.462 e. The molecule has 418 valence electrons. The van der Waals surface area contributed by atoms with Crippen molar-refractivity contribution in [1.29, 1.82) is 0 Å². The van der Waals surface area contributed by atoms with Crippen molar-refractivity contribution in [2.75, 3.05) is 13.2 Å². The molecule has 0 amide bonds. The molecule has 1 unspecified atom stereocenters. The molecule has 6 heteroatoms. The number of carbonyl (C=O) groups excluding carboxylic acids is 3.